The minimum Gasteiger partial charge on any atom is -0.464 e. The zero-order valence-electron chi connectivity index (χ0n) is 11.8. The van der Waals surface area contributed by atoms with Gasteiger partial charge in [-0.1, -0.05) is 36.4 Å². The number of para-hydroxylation sites is 2. The second-order valence-corrected chi connectivity index (χ2v) is 4.91. The van der Waals surface area contributed by atoms with Crippen molar-refractivity contribution in [3.8, 4) is 11.5 Å². The van der Waals surface area contributed by atoms with Gasteiger partial charge in [0.25, 0.3) is 0 Å². The van der Waals surface area contributed by atoms with Crippen LogP contribution in [0.25, 0.3) is 0 Å². The van der Waals surface area contributed by atoms with Crippen LogP contribution in [-0.4, -0.2) is 24.0 Å². The van der Waals surface area contributed by atoms with Crippen molar-refractivity contribution in [2.24, 2.45) is 0 Å². The van der Waals surface area contributed by atoms with E-state index in [-0.39, 0.29) is 0 Å². The molecule has 1 heterocycles. The Kier molecular flexibility index (Phi) is 3.50. The molecule has 1 aliphatic rings. The fourth-order valence-electron chi connectivity index (χ4n) is 2.75. The van der Waals surface area contributed by atoms with E-state index in [4.69, 9.17) is 4.74 Å². The lowest BCUT2D eigenvalue weighted by atomic mass is 9.82. The zero-order valence-corrected chi connectivity index (χ0v) is 11.8. The molecule has 3 rings (SSSR count). The van der Waals surface area contributed by atoms with Gasteiger partial charge >= 0.3 is 12.0 Å². The van der Waals surface area contributed by atoms with Crippen LogP contribution in [0.5, 0.6) is 11.5 Å². The number of rotatable bonds is 3. The molecular weight excluding hydrogens is 286 g/mol. The highest BCUT2D eigenvalue weighted by molar-refractivity contribution is 5.77. The summed E-state index contributed by atoms with van der Waals surface area (Å²) in [5.41, 5.74) is 1.21. The van der Waals surface area contributed by atoms with Crippen molar-refractivity contribution >= 4 is 5.97 Å². The fourth-order valence-corrected chi connectivity index (χ4v) is 2.75. The predicted molar refractivity (Wildman–Crippen MR) is 77.6 cm³/mol. The van der Waals surface area contributed by atoms with Crippen molar-refractivity contribution in [3.05, 3.63) is 69.8 Å². The second kappa shape index (κ2) is 5.48. The molecule has 0 fully saturated rings. The molecule has 1 unspecified atom stereocenters. The Labute approximate surface area is 126 Å². The number of hydrogen-bond acceptors (Lipinski definition) is 5. The molecule has 0 saturated carbocycles. The van der Waals surface area contributed by atoms with E-state index in [0.29, 0.717) is 22.6 Å². The summed E-state index contributed by atoms with van der Waals surface area (Å²) in [6.45, 7) is 0. The van der Waals surface area contributed by atoms with Gasteiger partial charge in [0.05, 0.1) is 13.0 Å². The first kappa shape index (κ1) is 14.1. The van der Waals surface area contributed by atoms with Crippen LogP contribution >= 0.6 is 0 Å². The van der Waals surface area contributed by atoms with E-state index in [1.165, 1.54) is 0 Å². The van der Waals surface area contributed by atoms with Crippen LogP contribution in [0.4, 0.5) is 0 Å². The number of nitrogens with zero attached hydrogens (tertiary/aromatic N) is 1. The van der Waals surface area contributed by atoms with Gasteiger partial charge in [0.1, 0.15) is 11.5 Å². The molecule has 0 saturated heterocycles. The molecule has 1 aliphatic heterocycles. The Bertz CT molecular complexity index is 697. The third kappa shape index (κ3) is 2.18. The lowest BCUT2D eigenvalue weighted by molar-refractivity contribution is -0.512. The van der Waals surface area contributed by atoms with Crippen molar-refractivity contribution < 1.29 is 19.2 Å². The molecule has 112 valence electrons. The molecule has 22 heavy (non-hydrogen) atoms. The molecule has 2 aromatic carbocycles. The zero-order chi connectivity index (χ0) is 15.7. The number of benzene rings is 2. The van der Waals surface area contributed by atoms with Crippen molar-refractivity contribution in [2.45, 2.75) is 12.0 Å². The Morgan fingerprint density at radius 2 is 1.64 bits per heavy atom. The molecule has 0 aliphatic carbocycles. The topological polar surface area (TPSA) is 78.7 Å². The van der Waals surface area contributed by atoms with Crippen LogP contribution in [0.2, 0.25) is 0 Å². The Morgan fingerprint density at radius 1 is 1.14 bits per heavy atom. The van der Waals surface area contributed by atoms with Crippen molar-refractivity contribution in [3.63, 3.8) is 0 Å². The maximum atomic E-state index is 12.0. The lowest BCUT2D eigenvalue weighted by Crippen LogP contribution is -2.38. The largest absolute Gasteiger partial charge is 0.464 e. The van der Waals surface area contributed by atoms with Gasteiger partial charge in [-0.05, 0) is 12.1 Å². The van der Waals surface area contributed by atoms with Gasteiger partial charge in [0.2, 0.25) is 0 Å². The minimum atomic E-state index is -1.52. The molecule has 2 aromatic rings. The van der Waals surface area contributed by atoms with E-state index < -0.39 is 22.9 Å². The molecule has 0 amide bonds. The summed E-state index contributed by atoms with van der Waals surface area (Å²) >= 11 is 0. The molecule has 0 N–H and O–H groups in total. The smallest absolute Gasteiger partial charge is 0.382 e. The average Bonchev–Trinajstić information content (AvgIpc) is 2.54. The van der Waals surface area contributed by atoms with Gasteiger partial charge < -0.3 is 9.47 Å². The number of carbonyl (C=O) groups excluding carboxylic acids is 1. The van der Waals surface area contributed by atoms with E-state index in [9.17, 15) is 14.9 Å². The quantitative estimate of drug-likeness (QED) is 0.494. The van der Waals surface area contributed by atoms with Crippen LogP contribution in [0.15, 0.2) is 48.5 Å². The summed E-state index contributed by atoms with van der Waals surface area (Å²) in [7, 11) is 1.15. The van der Waals surface area contributed by atoms with Crippen LogP contribution in [0.1, 0.15) is 17.0 Å². The van der Waals surface area contributed by atoms with Crippen LogP contribution < -0.4 is 4.74 Å². The number of carbonyl (C=O) groups is 1. The molecule has 0 bridgehead atoms. The molecule has 6 heteroatoms. The van der Waals surface area contributed by atoms with Crippen LogP contribution in [-0.2, 0) is 9.53 Å². The number of fused-ring (bicyclic) bond motifs is 2. The Morgan fingerprint density at radius 3 is 2.09 bits per heavy atom. The Balaban J connectivity index is 2.21. The monoisotopic (exact) mass is 299 g/mol. The molecule has 6 nitrogen and oxygen atoms in total. The van der Waals surface area contributed by atoms with E-state index in [2.05, 4.69) is 4.74 Å². The SMILES string of the molecule is COC(=O)C(C1c2ccccc2Oc2ccccc21)[N+](=O)[O-]. The van der Waals surface area contributed by atoms with Gasteiger partial charge in [0.15, 0.2) is 0 Å². The summed E-state index contributed by atoms with van der Waals surface area (Å²) in [5.74, 6) is -0.589. The highest BCUT2D eigenvalue weighted by Crippen LogP contribution is 2.46. The molecular formula is C16H13NO5. The molecule has 0 aromatic heterocycles. The molecule has 0 radical (unpaired) electrons. The van der Waals surface area contributed by atoms with E-state index in [1.54, 1.807) is 48.5 Å². The van der Waals surface area contributed by atoms with Crippen molar-refractivity contribution in [2.75, 3.05) is 7.11 Å². The van der Waals surface area contributed by atoms with E-state index in [0.717, 1.165) is 7.11 Å². The standard InChI is InChI=1S/C16H13NO5/c1-21-16(18)15(17(19)20)14-10-6-2-4-8-12(10)22-13-9-5-3-7-11(13)14/h2-9,14-15H,1H3. The number of esters is 1. The highest BCUT2D eigenvalue weighted by atomic mass is 16.6. The number of nitro groups is 1. The third-order valence-electron chi connectivity index (χ3n) is 3.71. The van der Waals surface area contributed by atoms with Gasteiger partial charge in [-0.15, -0.1) is 0 Å². The summed E-state index contributed by atoms with van der Waals surface area (Å²) in [5, 5.41) is 11.5. The number of methoxy groups -OCH3 is 1. The van der Waals surface area contributed by atoms with Gasteiger partial charge in [-0.2, -0.15) is 0 Å². The van der Waals surface area contributed by atoms with Gasteiger partial charge in [-0.25, -0.2) is 4.79 Å². The lowest BCUT2D eigenvalue weighted by Gasteiger charge is -2.28. The van der Waals surface area contributed by atoms with Crippen LogP contribution in [0, 0.1) is 10.1 Å². The summed E-state index contributed by atoms with van der Waals surface area (Å²) < 4.78 is 10.4. The summed E-state index contributed by atoms with van der Waals surface area (Å²) in [4.78, 5) is 22.8. The van der Waals surface area contributed by atoms with Gasteiger partial charge in [-0.3, -0.25) is 10.1 Å². The van der Waals surface area contributed by atoms with Crippen molar-refractivity contribution in [1.29, 1.82) is 0 Å². The summed E-state index contributed by atoms with van der Waals surface area (Å²) in [6, 6.07) is 12.5. The predicted octanol–water partition coefficient (Wildman–Crippen LogP) is 2.74. The third-order valence-corrected chi connectivity index (χ3v) is 3.71. The number of ether oxygens (including phenoxy) is 2. The van der Waals surface area contributed by atoms with Gasteiger partial charge in [0, 0.05) is 16.1 Å². The minimum absolute atomic E-state index is 0.516. The number of hydrogen-bond donors (Lipinski definition) is 0. The molecule has 1 atom stereocenters. The van der Waals surface area contributed by atoms with Crippen LogP contribution in [0.3, 0.4) is 0 Å². The first-order chi connectivity index (χ1) is 10.6. The Hall–Kier alpha value is -2.89. The normalized spacial score (nSPS) is 14.2. The van der Waals surface area contributed by atoms with E-state index >= 15 is 0 Å². The van der Waals surface area contributed by atoms with Crippen molar-refractivity contribution in [1.82, 2.24) is 0 Å². The average molecular weight is 299 g/mol. The van der Waals surface area contributed by atoms with E-state index in [1.807, 2.05) is 0 Å². The maximum Gasteiger partial charge on any atom is 0.382 e. The first-order valence-corrected chi connectivity index (χ1v) is 6.70. The summed E-state index contributed by atoms with van der Waals surface area (Å²) in [6.07, 6.45) is 0. The maximum absolute atomic E-state index is 12.0. The molecule has 0 spiro atoms. The fraction of sp³-hybridized carbons (Fsp3) is 0.188. The first-order valence-electron chi connectivity index (χ1n) is 6.70. The second-order valence-electron chi connectivity index (χ2n) is 4.91. The highest BCUT2D eigenvalue weighted by Gasteiger charge is 2.45.